The van der Waals surface area contributed by atoms with E-state index in [4.69, 9.17) is 9.26 Å². The molecule has 10 heteroatoms. The number of anilines is 2. The number of nitrogens with zero attached hydrogens (tertiary/aromatic N) is 8. The van der Waals surface area contributed by atoms with E-state index in [2.05, 4.69) is 35.0 Å². The van der Waals surface area contributed by atoms with Gasteiger partial charge in [-0.3, -0.25) is 0 Å². The largest absolute Gasteiger partial charge is 0.497 e. The lowest BCUT2D eigenvalue weighted by atomic mass is 10.2. The van der Waals surface area contributed by atoms with E-state index in [0.29, 0.717) is 17.6 Å². The molecule has 0 unspecified atom stereocenters. The summed E-state index contributed by atoms with van der Waals surface area (Å²) in [6.07, 6.45) is 1.53. The number of rotatable bonds is 4. The summed E-state index contributed by atoms with van der Waals surface area (Å²) in [4.78, 5) is 17.5. The van der Waals surface area contributed by atoms with Crippen molar-refractivity contribution in [3.8, 4) is 17.1 Å². The molecular weight excluding hydrogens is 372 g/mol. The third kappa shape index (κ3) is 3.22. The van der Waals surface area contributed by atoms with Crippen LogP contribution in [0.2, 0.25) is 0 Å². The quantitative estimate of drug-likeness (QED) is 0.515. The lowest BCUT2D eigenvalue weighted by Gasteiger charge is -2.34. The molecule has 0 atom stereocenters. The summed E-state index contributed by atoms with van der Waals surface area (Å²) in [6.45, 7) is 5.09. The van der Waals surface area contributed by atoms with E-state index >= 15 is 0 Å². The van der Waals surface area contributed by atoms with Gasteiger partial charge >= 0.3 is 6.01 Å². The van der Waals surface area contributed by atoms with Gasteiger partial charge in [-0.05, 0) is 19.1 Å². The third-order valence-electron chi connectivity index (χ3n) is 4.98. The Morgan fingerprint density at radius 1 is 1.03 bits per heavy atom. The van der Waals surface area contributed by atoms with E-state index in [1.54, 1.807) is 11.6 Å². The van der Waals surface area contributed by atoms with Crippen molar-refractivity contribution < 1.29 is 9.26 Å². The number of benzene rings is 1. The number of aromatic nitrogens is 6. The molecular formula is C19H20N8O2. The summed E-state index contributed by atoms with van der Waals surface area (Å²) < 4.78 is 12.6. The second-order valence-corrected chi connectivity index (χ2v) is 6.83. The lowest BCUT2D eigenvalue weighted by Crippen LogP contribution is -2.47. The summed E-state index contributed by atoms with van der Waals surface area (Å²) >= 11 is 0. The predicted molar refractivity (Wildman–Crippen MR) is 106 cm³/mol. The van der Waals surface area contributed by atoms with Crippen LogP contribution in [0.15, 0.2) is 41.2 Å². The van der Waals surface area contributed by atoms with Crippen molar-refractivity contribution >= 4 is 17.6 Å². The van der Waals surface area contributed by atoms with Gasteiger partial charge < -0.3 is 19.1 Å². The first-order chi connectivity index (χ1) is 14.2. The number of hydrogen-bond acceptors (Lipinski definition) is 9. The maximum Gasteiger partial charge on any atom is 0.324 e. The number of piperazine rings is 1. The highest BCUT2D eigenvalue weighted by Crippen LogP contribution is 2.25. The van der Waals surface area contributed by atoms with Crippen molar-refractivity contribution in [2.75, 3.05) is 43.1 Å². The molecule has 0 radical (unpaired) electrons. The van der Waals surface area contributed by atoms with Crippen LogP contribution in [0.3, 0.4) is 0 Å². The predicted octanol–water partition coefficient (Wildman–Crippen LogP) is 1.82. The number of methoxy groups -OCH3 is 1. The van der Waals surface area contributed by atoms with Crippen LogP contribution < -0.4 is 14.5 Å². The summed E-state index contributed by atoms with van der Waals surface area (Å²) in [5.74, 6) is 2.92. The van der Waals surface area contributed by atoms with Crippen molar-refractivity contribution in [3.63, 3.8) is 0 Å². The van der Waals surface area contributed by atoms with Crippen LogP contribution in [0.4, 0.5) is 11.8 Å². The SMILES string of the molecule is COc1cccc(-c2noc(N3CCN(c4cc(C)nc5ncnn45)CC3)n2)c1. The standard InChI is InChI=1S/C19H20N8O2/c1-13-10-16(27-18(22-13)20-12-21-27)25-6-8-26(9-7-25)19-23-17(24-29-19)14-4-3-5-15(11-14)28-2/h3-5,10-12H,6-9H2,1-2H3. The Hall–Kier alpha value is -3.69. The average molecular weight is 392 g/mol. The van der Waals surface area contributed by atoms with Crippen LogP contribution >= 0.6 is 0 Å². The van der Waals surface area contributed by atoms with Crippen molar-refractivity contribution in [2.45, 2.75) is 6.92 Å². The van der Waals surface area contributed by atoms with Gasteiger partial charge in [0.2, 0.25) is 5.82 Å². The zero-order chi connectivity index (χ0) is 19.8. The fraction of sp³-hybridized carbons (Fsp3) is 0.316. The van der Waals surface area contributed by atoms with E-state index < -0.39 is 0 Å². The summed E-state index contributed by atoms with van der Waals surface area (Å²) in [7, 11) is 1.64. The molecule has 0 N–H and O–H groups in total. The molecule has 0 spiro atoms. The Bertz CT molecular complexity index is 1150. The van der Waals surface area contributed by atoms with Crippen molar-refractivity contribution in [2.24, 2.45) is 0 Å². The second kappa shape index (κ2) is 7.04. The Balaban J connectivity index is 1.32. The molecule has 0 aliphatic carbocycles. The minimum atomic E-state index is 0.527. The molecule has 0 amide bonds. The Morgan fingerprint density at radius 3 is 2.69 bits per heavy atom. The van der Waals surface area contributed by atoms with E-state index in [0.717, 1.165) is 49.0 Å². The van der Waals surface area contributed by atoms with E-state index in [1.165, 1.54) is 6.33 Å². The van der Waals surface area contributed by atoms with Gasteiger partial charge in [0.15, 0.2) is 0 Å². The molecule has 4 heterocycles. The molecule has 4 aromatic rings. The van der Waals surface area contributed by atoms with Gasteiger partial charge in [0.25, 0.3) is 5.78 Å². The van der Waals surface area contributed by atoms with Gasteiger partial charge in [-0.15, -0.1) is 0 Å². The number of aryl methyl sites for hydroxylation is 1. The fourth-order valence-electron chi connectivity index (χ4n) is 3.49. The number of fused-ring (bicyclic) bond motifs is 1. The first-order valence-corrected chi connectivity index (χ1v) is 9.37. The van der Waals surface area contributed by atoms with Crippen LogP contribution in [0.1, 0.15) is 5.69 Å². The van der Waals surface area contributed by atoms with Crippen LogP contribution in [0, 0.1) is 6.92 Å². The van der Waals surface area contributed by atoms with Gasteiger partial charge in [0.1, 0.15) is 17.9 Å². The minimum absolute atomic E-state index is 0.527. The maximum absolute atomic E-state index is 5.52. The molecule has 0 saturated carbocycles. The van der Waals surface area contributed by atoms with Crippen LogP contribution in [-0.2, 0) is 0 Å². The van der Waals surface area contributed by atoms with Crippen molar-refractivity contribution in [1.29, 1.82) is 0 Å². The second-order valence-electron chi connectivity index (χ2n) is 6.83. The monoisotopic (exact) mass is 392 g/mol. The Labute approximate surface area is 166 Å². The molecule has 1 fully saturated rings. The van der Waals surface area contributed by atoms with Gasteiger partial charge in [-0.2, -0.15) is 19.6 Å². The zero-order valence-corrected chi connectivity index (χ0v) is 16.2. The minimum Gasteiger partial charge on any atom is -0.497 e. The number of ether oxygens (including phenoxy) is 1. The van der Waals surface area contributed by atoms with Crippen molar-refractivity contribution in [1.82, 2.24) is 29.7 Å². The molecule has 1 saturated heterocycles. The normalized spacial score (nSPS) is 14.6. The molecule has 1 aliphatic heterocycles. The summed E-state index contributed by atoms with van der Waals surface area (Å²) in [6, 6.07) is 10.2. The van der Waals surface area contributed by atoms with Gasteiger partial charge in [-0.25, -0.2) is 4.98 Å². The lowest BCUT2D eigenvalue weighted by molar-refractivity contribution is 0.409. The molecule has 5 rings (SSSR count). The van der Waals surface area contributed by atoms with Crippen molar-refractivity contribution in [3.05, 3.63) is 42.4 Å². The molecule has 148 valence electrons. The Kier molecular flexibility index (Phi) is 4.23. The van der Waals surface area contributed by atoms with Crippen LogP contribution in [0.5, 0.6) is 5.75 Å². The fourth-order valence-corrected chi connectivity index (χ4v) is 3.49. The van der Waals surface area contributed by atoms with Gasteiger partial charge in [0, 0.05) is 43.5 Å². The molecule has 1 aliphatic rings. The van der Waals surface area contributed by atoms with Gasteiger partial charge in [-0.1, -0.05) is 17.3 Å². The number of hydrogen-bond donors (Lipinski definition) is 0. The highest BCUT2D eigenvalue weighted by Gasteiger charge is 2.24. The molecule has 3 aromatic heterocycles. The molecule has 29 heavy (non-hydrogen) atoms. The summed E-state index contributed by atoms with van der Waals surface area (Å²) in [5.41, 5.74) is 1.78. The van der Waals surface area contributed by atoms with Gasteiger partial charge in [0.05, 0.1) is 7.11 Å². The Morgan fingerprint density at radius 2 is 1.86 bits per heavy atom. The van der Waals surface area contributed by atoms with E-state index in [1.807, 2.05) is 37.3 Å². The smallest absolute Gasteiger partial charge is 0.324 e. The molecule has 1 aromatic carbocycles. The zero-order valence-electron chi connectivity index (χ0n) is 16.2. The van der Waals surface area contributed by atoms with E-state index in [9.17, 15) is 0 Å². The molecule has 10 nitrogen and oxygen atoms in total. The average Bonchev–Trinajstić information content (AvgIpc) is 3.43. The first kappa shape index (κ1) is 17.4. The highest BCUT2D eigenvalue weighted by atomic mass is 16.5. The van der Waals surface area contributed by atoms with Crippen LogP contribution in [0.25, 0.3) is 17.2 Å². The molecule has 0 bridgehead atoms. The van der Waals surface area contributed by atoms with Crippen LogP contribution in [-0.4, -0.2) is 63.0 Å². The first-order valence-electron chi connectivity index (χ1n) is 9.37. The maximum atomic E-state index is 5.52. The third-order valence-corrected chi connectivity index (χ3v) is 4.98. The van der Waals surface area contributed by atoms with E-state index in [-0.39, 0.29) is 0 Å². The topological polar surface area (TPSA) is 97.7 Å². The highest BCUT2D eigenvalue weighted by molar-refractivity contribution is 5.58. The summed E-state index contributed by atoms with van der Waals surface area (Å²) in [5, 5.41) is 8.43.